The van der Waals surface area contributed by atoms with Crippen LogP contribution in [0.5, 0.6) is 0 Å². The lowest BCUT2D eigenvalue weighted by Crippen LogP contribution is -2.39. The van der Waals surface area contributed by atoms with Gasteiger partial charge < -0.3 is 9.64 Å². The minimum absolute atomic E-state index is 0.0956. The number of hydrogen-bond donors (Lipinski definition) is 0. The van der Waals surface area contributed by atoms with Crippen molar-refractivity contribution in [1.29, 1.82) is 0 Å². The molecule has 1 aliphatic rings. The molecule has 3 aromatic heterocycles. The zero-order valence-electron chi connectivity index (χ0n) is 17.1. The molecular formula is C22H20ClFN6O. The number of hydrogen-bond acceptors (Lipinski definition) is 6. The van der Waals surface area contributed by atoms with Crippen molar-refractivity contribution in [3.63, 3.8) is 0 Å². The van der Waals surface area contributed by atoms with Gasteiger partial charge in [-0.15, -0.1) is 0 Å². The van der Waals surface area contributed by atoms with Crippen LogP contribution in [0.25, 0.3) is 22.3 Å². The molecule has 4 heterocycles. The molecule has 1 atom stereocenters. The van der Waals surface area contributed by atoms with Gasteiger partial charge in [0.1, 0.15) is 17.4 Å². The summed E-state index contributed by atoms with van der Waals surface area (Å²) in [5, 5.41) is 4.59. The Morgan fingerprint density at radius 1 is 1.19 bits per heavy atom. The first-order valence-electron chi connectivity index (χ1n) is 9.93. The van der Waals surface area contributed by atoms with Crippen LogP contribution >= 0.6 is 11.6 Å². The Morgan fingerprint density at radius 3 is 2.84 bits per heavy atom. The summed E-state index contributed by atoms with van der Waals surface area (Å²) in [6.45, 7) is 3.81. The van der Waals surface area contributed by atoms with Gasteiger partial charge in [-0.3, -0.25) is 4.68 Å². The summed E-state index contributed by atoms with van der Waals surface area (Å²) >= 11 is 5.91. The third-order valence-electron chi connectivity index (χ3n) is 5.40. The van der Waals surface area contributed by atoms with Gasteiger partial charge in [-0.2, -0.15) is 5.10 Å². The second-order valence-electron chi connectivity index (χ2n) is 7.54. The Kier molecular flexibility index (Phi) is 5.03. The molecule has 0 saturated carbocycles. The van der Waals surface area contributed by atoms with Crippen LogP contribution in [-0.4, -0.2) is 44.4 Å². The maximum atomic E-state index is 14.6. The zero-order chi connectivity index (χ0) is 21.5. The van der Waals surface area contributed by atoms with Crippen LogP contribution in [0.1, 0.15) is 17.4 Å². The first kappa shape index (κ1) is 19.8. The summed E-state index contributed by atoms with van der Waals surface area (Å²) in [6, 6.07) is 6.35. The van der Waals surface area contributed by atoms with Gasteiger partial charge in [-0.1, -0.05) is 11.6 Å². The van der Waals surface area contributed by atoms with E-state index in [-0.39, 0.29) is 6.10 Å². The molecule has 7 nitrogen and oxygen atoms in total. The van der Waals surface area contributed by atoms with Crippen molar-refractivity contribution in [3.05, 3.63) is 65.0 Å². The van der Waals surface area contributed by atoms with E-state index in [1.807, 2.05) is 26.4 Å². The summed E-state index contributed by atoms with van der Waals surface area (Å²) < 4.78 is 22.3. The molecule has 1 aromatic carbocycles. The van der Waals surface area contributed by atoms with Crippen molar-refractivity contribution in [2.75, 3.05) is 24.6 Å². The van der Waals surface area contributed by atoms with E-state index in [1.54, 1.807) is 29.1 Å². The van der Waals surface area contributed by atoms with Crippen LogP contribution in [0.2, 0.25) is 5.02 Å². The van der Waals surface area contributed by atoms with Crippen LogP contribution < -0.4 is 4.90 Å². The lowest BCUT2D eigenvalue weighted by molar-refractivity contribution is 0.0394. The summed E-state index contributed by atoms with van der Waals surface area (Å²) in [7, 11) is 1.88. The zero-order valence-corrected chi connectivity index (χ0v) is 17.8. The SMILES string of the molecule is Cc1nc2c(-c3ccc(Cl)cc3F)ccnc2nc1N1CCO[C@@H](c2cnn(C)c2)C1. The largest absolute Gasteiger partial charge is 0.370 e. The number of aromatic nitrogens is 5. The predicted molar refractivity (Wildman–Crippen MR) is 117 cm³/mol. The Labute approximate surface area is 183 Å². The molecule has 1 saturated heterocycles. The molecule has 5 rings (SSSR count). The molecular weight excluding hydrogens is 419 g/mol. The number of morpholine rings is 1. The highest BCUT2D eigenvalue weighted by molar-refractivity contribution is 6.30. The number of nitrogens with zero attached hydrogens (tertiary/aromatic N) is 6. The first-order chi connectivity index (χ1) is 15.0. The summed E-state index contributed by atoms with van der Waals surface area (Å²) in [5.41, 5.74) is 3.86. The smallest absolute Gasteiger partial charge is 0.180 e. The minimum Gasteiger partial charge on any atom is -0.370 e. The lowest BCUT2D eigenvalue weighted by atomic mass is 10.1. The van der Waals surface area contributed by atoms with Crippen molar-refractivity contribution in [1.82, 2.24) is 24.7 Å². The van der Waals surface area contributed by atoms with Crippen LogP contribution in [0.3, 0.4) is 0 Å². The Balaban J connectivity index is 1.53. The monoisotopic (exact) mass is 438 g/mol. The molecule has 1 aliphatic heterocycles. The van der Waals surface area contributed by atoms with Gasteiger partial charge in [0.2, 0.25) is 0 Å². The van der Waals surface area contributed by atoms with E-state index >= 15 is 0 Å². The molecule has 0 amide bonds. The average Bonchev–Trinajstić information content (AvgIpc) is 3.20. The molecule has 0 radical (unpaired) electrons. The number of fused-ring (bicyclic) bond motifs is 1. The Morgan fingerprint density at radius 2 is 2.06 bits per heavy atom. The van der Waals surface area contributed by atoms with Gasteiger partial charge in [0, 0.05) is 47.7 Å². The second-order valence-corrected chi connectivity index (χ2v) is 7.98. The molecule has 0 unspecified atom stereocenters. The molecule has 9 heteroatoms. The highest BCUT2D eigenvalue weighted by Gasteiger charge is 2.26. The maximum Gasteiger partial charge on any atom is 0.180 e. The third kappa shape index (κ3) is 3.73. The fourth-order valence-electron chi connectivity index (χ4n) is 3.91. The van der Waals surface area contributed by atoms with Crippen molar-refractivity contribution in [3.8, 4) is 11.1 Å². The average molecular weight is 439 g/mol. The molecule has 1 fully saturated rings. The van der Waals surface area contributed by atoms with E-state index in [9.17, 15) is 4.39 Å². The standard InChI is InChI=1S/C22H20ClFN6O/c1-13-22(30-7-8-31-19(12-30)14-10-26-29(2)11-14)28-21-20(27-13)17(5-6-25-21)16-4-3-15(23)9-18(16)24/h3-6,9-11,19H,7-8,12H2,1-2H3/t19-/m1/s1. The Bertz CT molecular complexity index is 1280. The van der Waals surface area contributed by atoms with Crippen LogP contribution in [0.15, 0.2) is 42.9 Å². The van der Waals surface area contributed by atoms with Gasteiger partial charge >= 0.3 is 0 Å². The van der Waals surface area contributed by atoms with Crippen molar-refractivity contribution < 1.29 is 9.13 Å². The van der Waals surface area contributed by atoms with E-state index in [0.29, 0.717) is 47.0 Å². The molecule has 4 aromatic rings. The second kappa shape index (κ2) is 7.86. The van der Waals surface area contributed by atoms with Gasteiger partial charge in [-0.25, -0.2) is 19.3 Å². The van der Waals surface area contributed by atoms with E-state index in [1.165, 1.54) is 6.07 Å². The van der Waals surface area contributed by atoms with Crippen molar-refractivity contribution >= 4 is 28.6 Å². The van der Waals surface area contributed by atoms with Gasteiger partial charge in [0.25, 0.3) is 0 Å². The van der Waals surface area contributed by atoms with Crippen LogP contribution in [0, 0.1) is 12.7 Å². The highest BCUT2D eigenvalue weighted by atomic mass is 35.5. The number of benzene rings is 1. The number of rotatable bonds is 3. The van der Waals surface area contributed by atoms with Crippen LogP contribution in [0.4, 0.5) is 10.2 Å². The number of pyridine rings is 1. The summed E-state index contributed by atoms with van der Waals surface area (Å²) in [6.07, 6.45) is 5.31. The highest BCUT2D eigenvalue weighted by Crippen LogP contribution is 2.32. The van der Waals surface area contributed by atoms with E-state index < -0.39 is 5.82 Å². The molecule has 0 spiro atoms. The molecule has 0 bridgehead atoms. The first-order valence-corrected chi connectivity index (χ1v) is 10.3. The molecule has 31 heavy (non-hydrogen) atoms. The topological polar surface area (TPSA) is 69.0 Å². The van der Waals surface area contributed by atoms with E-state index in [4.69, 9.17) is 26.3 Å². The predicted octanol–water partition coefficient (Wildman–Crippen LogP) is 4.10. The minimum atomic E-state index is -0.406. The Hall–Kier alpha value is -3.10. The maximum absolute atomic E-state index is 14.6. The summed E-state index contributed by atoms with van der Waals surface area (Å²) in [5.74, 6) is 0.349. The fourth-order valence-corrected chi connectivity index (χ4v) is 4.07. The lowest BCUT2D eigenvalue weighted by Gasteiger charge is -2.34. The van der Waals surface area contributed by atoms with E-state index in [0.717, 1.165) is 17.1 Å². The number of aryl methyl sites for hydroxylation is 2. The fraction of sp³-hybridized carbons (Fsp3) is 0.273. The quantitative estimate of drug-likeness (QED) is 0.479. The summed E-state index contributed by atoms with van der Waals surface area (Å²) in [4.78, 5) is 16.1. The van der Waals surface area contributed by atoms with Crippen molar-refractivity contribution in [2.24, 2.45) is 7.05 Å². The van der Waals surface area contributed by atoms with Gasteiger partial charge in [-0.05, 0) is 31.2 Å². The molecule has 0 aliphatic carbocycles. The molecule has 0 N–H and O–H groups in total. The van der Waals surface area contributed by atoms with Crippen molar-refractivity contribution in [2.45, 2.75) is 13.0 Å². The third-order valence-corrected chi connectivity index (χ3v) is 5.64. The molecule has 158 valence electrons. The number of anilines is 1. The number of halogens is 2. The van der Waals surface area contributed by atoms with Crippen LogP contribution in [-0.2, 0) is 11.8 Å². The normalized spacial score (nSPS) is 16.8. The van der Waals surface area contributed by atoms with E-state index in [2.05, 4.69) is 15.0 Å². The number of ether oxygens (including phenoxy) is 1. The van der Waals surface area contributed by atoms with Gasteiger partial charge in [0.05, 0.1) is 25.0 Å². The van der Waals surface area contributed by atoms with Gasteiger partial charge in [0.15, 0.2) is 11.5 Å².